The SMILES string of the molecule is N#CC(C(=O)OC1CCCCC1)C1CCCCC1. The second-order valence-electron chi connectivity index (χ2n) is 5.70. The molecule has 0 N–H and O–H groups in total. The summed E-state index contributed by atoms with van der Waals surface area (Å²) >= 11 is 0. The molecule has 2 saturated carbocycles. The smallest absolute Gasteiger partial charge is 0.323 e. The topological polar surface area (TPSA) is 50.1 Å². The Morgan fingerprint density at radius 1 is 1.00 bits per heavy atom. The van der Waals surface area contributed by atoms with Crippen LogP contribution in [0.5, 0.6) is 0 Å². The summed E-state index contributed by atoms with van der Waals surface area (Å²) in [5, 5.41) is 9.23. The molecule has 2 aliphatic rings. The average Bonchev–Trinajstić information content (AvgIpc) is 2.42. The van der Waals surface area contributed by atoms with Crippen LogP contribution in [0.2, 0.25) is 0 Å². The van der Waals surface area contributed by atoms with Gasteiger partial charge < -0.3 is 4.74 Å². The first-order valence-electron chi connectivity index (χ1n) is 7.41. The summed E-state index contributed by atoms with van der Waals surface area (Å²) in [6, 6.07) is 2.19. The highest BCUT2D eigenvalue weighted by molar-refractivity contribution is 5.75. The van der Waals surface area contributed by atoms with Crippen molar-refractivity contribution in [1.82, 2.24) is 0 Å². The lowest BCUT2D eigenvalue weighted by atomic mass is 9.80. The second kappa shape index (κ2) is 6.78. The van der Waals surface area contributed by atoms with E-state index in [9.17, 15) is 10.1 Å². The van der Waals surface area contributed by atoms with Gasteiger partial charge >= 0.3 is 5.97 Å². The van der Waals surface area contributed by atoms with Gasteiger partial charge in [0.25, 0.3) is 0 Å². The van der Waals surface area contributed by atoms with Gasteiger partial charge in [-0.1, -0.05) is 25.7 Å². The molecule has 3 nitrogen and oxygen atoms in total. The molecular formula is C15H23NO2. The molecule has 0 aromatic carbocycles. The molecule has 1 unspecified atom stereocenters. The van der Waals surface area contributed by atoms with E-state index >= 15 is 0 Å². The van der Waals surface area contributed by atoms with Crippen LogP contribution in [0.15, 0.2) is 0 Å². The Kier molecular flexibility index (Phi) is 5.04. The zero-order chi connectivity index (χ0) is 12.8. The number of nitrogens with zero attached hydrogens (tertiary/aromatic N) is 1. The lowest BCUT2D eigenvalue weighted by Gasteiger charge is -2.27. The lowest BCUT2D eigenvalue weighted by molar-refractivity contribution is -0.155. The molecule has 0 spiro atoms. The molecular weight excluding hydrogens is 226 g/mol. The number of hydrogen-bond acceptors (Lipinski definition) is 3. The molecule has 0 bridgehead atoms. The van der Waals surface area contributed by atoms with E-state index in [4.69, 9.17) is 4.74 Å². The Balaban J connectivity index is 1.86. The number of nitriles is 1. The predicted octanol–water partition coefficient (Wildman–Crippen LogP) is 3.58. The monoisotopic (exact) mass is 249 g/mol. The number of carbonyl (C=O) groups is 1. The molecule has 18 heavy (non-hydrogen) atoms. The molecule has 1 atom stereocenters. The summed E-state index contributed by atoms with van der Waals surface area (Å²) < 4.78 is 5.54. The zero-order valence-electron chi connectivity index (χ0n) is 11.1. The van der Waals surface area contributed by atoms with Crippen LogP contribution >= 0.6 is 0 Å². The summed E-state index contributed by atoms with van der Waals surface area (Å²) in [6.45, 7) is 0. The van der Waals surface area contributed by atoms with Crippen molar-refractivity contribution in [3.05, 3.63) is 0 Å². The Hall–Kier alpha value is -1.04. The normalized spacial score (nSPS) is 24.2. The van der Waals surface area contributed by atoms with Gasteiger partial charge in [0, 0.05) is 0 Å². The minimum Gasteiger partial charge on any atom is -0.461 e. The van der Waals surface area contributed by atoms with Crippen LogP contribution < -0.4 is 0 Å². The quantitative estimate of drug-likeness (QED) is 0.718. The number of rotatable bonds is 3. The van der Waals surface area contributed by atoms with Gasteiger partial charge in [-0.25, -0.2) is 0 Å². The van der Waals surface area contributed by atoms with E-state index in [1.807, 2.05) is 0 Å². The van der Waals surface area contributed by atoms with Gasteiger partial charge in [0.2, 0.25) is 0 Å². The molecule has 0 aromatic heterocycles. The number of ether oxygens (including phenoxy) is 1. The van der Waals surface area contributed by atoms with Crippen molar-refractivity contribution < 1.29 is 9.53 Å². The number of esters is 1. The molecule has 2 fully saturated rings. The minimum absolute atomic E-state index is 0.0747. The lowest BCUT2D eigenvalue weighted by Crippen LogP contribution is -2.30. The Morgan fingerprint density at radius 3 is 2.11 bits per heavy atom. The van der Waals surface area contributed by atoms with E-state index in [0.717, 1.165) is 51.4 Å². The largest absolute Gasteiger partial charge is 0.461 e. The summed E-state index contributed by atoms with van der Waals surface area (Å²) in [6.07, 6.45) is 11.2. The standard InChI is InChI=1S/C15H23NO2/c16-11-14(12-7-3-1-4-8-12)15(17)18-13-9-5-2-6-10-13/h12-14H,1-10H2. The minimum atomic E-state index is -0.521. The maximum Gasteiger partial charge on any atom is 0.323 e. The van der Waals surface area contributed by atoms with E-state index < -0.39 is 5.92 Å². The molecule has 0 aliphatic heterocycles. The fraction of sp³-hybridized carbons (Fsp3) is 0.867. The average molecular weight is 249 g/mol. The van der Waals surface area contributed by atoms with Crippen molar-refractivity contribution in [3.8, 4) is 6.07 Å². The van der Waals surface area contributed by atoms with Crippen molar-refractivity contribution in [1.29, 1.82) is 5.26 Å². The summed E-state index contributed by atoms with van der Waals surface area (Å²) in [5.74, 6) is -0.539. The molecule has 3 heteroatoms. The van der Waals surface area contributed by atoms with Crippen LogP contribution in [-0.4, -0.2) is 12.1 Å². The molecule has 0 aromatic rings. The molecule has 0 radical (unpaired) electrons. The van der Waals surface area contributed by atoms with Gasteiger partial charge in [-0.3, -0.25) is 4.79 Å². The van der Waals surface area contributed by atoms with E-state index in [0.29, 0.717) is 0 Å². The number of hydrogen-bond donors (Lipinski definition) is 0. The highest BCUT2D eigenvalue weighted by Gasteiger charge is 2.32. The third-order valence-corrected chi connectivity index (χ3v) is 4.35. The molecule has 100 valence electrons. The first-order valence-corrected chi connectivity index (χ1v) is 7.41. The third-order valence-electron chi connectivity index (χ3n) is 4.35. The van der Waals surface area contributed by atoms with Crippen molar-refractivity contribution in [2.45, 2.75) is 70.3 Å². The van der Waals surface area contributed by atoms with Crippen LogP contribution in [0.4, 0.5) is 0 Å². The van der Waals surface area contributed by atoms with Crippen molar-refractivity contribution in [2.75, 3.05) is 0 Å². The van der Waals surface area contributed by atoms with Crippen LogP contribution in [0.3, 0.4) is 0 Å². The Labute approximate surface area is 110 Å². The highest BCUT2D eigenvalue weighted by Crippen LogP contribution is 2.31. The fourth-order valence-corrected chi connectivity index (χ4v) is 3.24. The van der Waals surface area contributed by atoms with E-state index in [2.05, 4.69) is 6.07 Å². The van der Waals surface area contributed by atoms with Crippen molar-refractivity contribution >= 4 is 5.97 Å². The van der Waals surface area contributed by atoms with Crippen LogP contribution in [0.25, 0.3) is 0 Å². The van der Waals surface area contributed by atoms with Crippen LogP contribution in [0.1, 0.15) is 64.2 Å². The third kappa shape index (κ3) is 3.48. The van der Waals surface area contributed by atoms with Gasteiger partial charge in [-0.05, 0) is 44.4 Å². The van der Waals surface area contributed by atoms with Crippen LogP contribution in [0, 0.1) is 23.2 Å². The van der Waals surface area contributed by atoms with Gasteiger partial charge in [-0.2, -0.15) is 5.26 Å². The fourth-order valence-electron chi connectivity index (χ4n) is 3.24. The summed E-state index contributed by atoms with van der Waals surface area (Å²) in [4.78, 5) is 12.1. The highest BCUT2D eigenvalue weighted by atomic mass is 16.5. The van der Waals surface area contributed by atoms with E-state index in [1.54, 1.807) is 0 Å². The molecule has 2 rings (SSSR count). The van der Waals surface area contributed by atoms with Crippen molar-refractivity contribution in [2.24, 2.45) is 11.8 Å². The van der Waals surface area contributed by atoms with Gasteiger partial charge in [0.1, 0.15) is 12.0 Å². The summed E-state index contributed by atoms with van der Waals surface area (Å²) in [7, 11) is 0. The first-order chi connectivity index (χ1) is 8.81. The van der Waals surface area contributed by atoms with Crippen molar-refractivity contribution in [3.63, 3.8) is 0 Å². The van der Waals surface area contributed by atoms with E-state index in [-0.39, 0.29) is 18.0 Å². The Bertz CT molecular complexity index is 309. The first kappa shape index (κ1) is 13.4. The summed E-state index contributed by atoms with van der Waals surface area (Å²) in [5.41, 5.74) is 0. The molecule has 2 aliphatic carbocycles. The van der Waals surface area contributed by atoms with E-state index in [1.165, 1.54) is 12.8 Å². The zero-order valence-corrected chi connectivity index (χ0v) is 11.1. The predicted molar refractivity (Wildman–Crippen MR) is 68.6 cm³/mol. The maximum absolute atomic E-state index is 12.1. The Morgan fingerprint density at radius 2 is 1.56 bits per heavy atom. The van der Waals surface area contributed by atoms with Crippen LogP contribution in [-0.2, 0) is 9.53 Å². The molecule has 0 heterocycles. The molecule has 0 amide bonds. The van der Waals surface area contributed by atoms with Gasteiger partial charge in [-0.15, -0.1) is 0 Å². The van der Waals surface area contributed by atoms with Gasteiger partial charge in [0.15, 0.2) is 0 Å². The number of carbonyl (C=O) groups excluding carboxylic acids is 1. The second-order valence-corrected chi connectivity index (χ2v) is 5.70. The maximum atomic E-state index is 12.1. The van der Waals surface area contributed by atoms with Gasteiger partial charge in [0.05, 0.1) is 6.07 Å². The molecule has 0 saturated heterocycles.